The summed E-state index contributed by atoms with van der Waals surface area (Å²) in [6.07, 6.45) is -8.84. The minimum Gasteiger partial charge on any atom is -0.397 e. The molecule has 0 aliphatic carbocycles. The van der Waals surface area contributed by atoms with Crippen LogP contribution in [-0.4, -0.2) is 31.2 Å². The van der Waals surface area contributed by atoms with Gasteiger partial charge in [0.15, 0.2) is 0 Å². The second-order valence-electron chi connectivity index (χ2n) is 10.3. The molecule has 0 unspecified atom stereocenters. The number of carbonyl (C=O) groups is 1. The van der Waals surface area contributed by atoms with Crippen LogP contribution < -0.4 is 41.1 Å². The summed E-state index contributed by atoms with van der Waals surface area (Å²) < 4.78 is 142. The molecule has 4 aromatic rings. The van der Waals surface area contributed by atoms with E-state index in [9.17, 15) is 56.4 Å². The molecule has 1 amide bonds. The van der Waals surface area contributed by atoms with Gasteiger partial charge in [0, 0.05) is 6.92 Å². The van der Waals surface area contributed by atoms with Crippen molar-refractivity contribution in [2.45, 2.75) is 19.3 Å². The van der Waals surface area contributed by atoms with E-state index in [1.807, 2.05) is 9.44 Å². The van der Waals surface area contributed by atoms with Crippen LogP contribution in [0.3, 0.4) is 0 Å². The van der Waals surface area contributed by atoms with Crippen molar-refractivity contribution in [2.75, 3.05) is 20.5 Å². The number of hydrogen-bond acceptors (Lipinski definition) is 8. The normalized spacial score (nSPS) is 12.0. The monoisotopic (exact) mass is 800 g/mol. The number of nitrogen functional groups attached to an aromatic ring is 1. The molecule has 0 heterocycles. The smallest absolute Gasteiger partial charge is 0.397 e. The van der Waals surface area contributed by atoms with Crippen molar-refractivity contribution in [3.05, 3.63) is 96.1 Å². The van der Waals surface area contributed by atoms with Crippen LogP contribution in [0.25, 0.3) is 22.3 Å². The summed E-state index contributed by atoms with van der Waals surface area (Å²) in [5, 5.41) is 20.4. The standard InChI is InChI=1S/C15H14F3N3O3S.C13H12F3N3O2S.H4N2O2S/c1-9(22)20-14-8-11(4-7-13(14)21-25(19,23)24)10-2-5-12(6-3-10)15(16,17)18;14-13(15,16)10-4-1-8(2-5-10)9-3-6-12(11(17)7-9)19-22(18,20)21;1-5(2,3)4/h2-8,21H,1H3,(H,20,22)(H2,19,23,24);1-7,19H,17H2,(H2,18,20,21);(H4,1,2,3,4). The Morgan fingerprint density at radius 2 is 0.865 bits per heavy atom. The van der Waals surface area contributed by atoms with Gasteiger partial charge in [0.2, 0.25) is 5.91 Å². The number of nitrogens with two attached hydrogens (primary N) is 5. The first-order chi connectivity index (χ1) is 23.5. The molecule has 0 fully saturated rings. The quantitative estimate of drug-likeness (QED) is 0.101. The van der Waals surface area contributed by atoms with Crippen molar-refractivity contribution < 1.29 is 56.4 Å². The van der Waals surface area contributed by atoms with E-state index in [1.54, 1.807) is 0 Å². The summed E-state index contributed by atoms with van der Waals surface area (Å²) in [6, 6.07) is 17.6. The average molecular weight is 801 g/mol. The van der Waals surface area contributed by atoms with Gasteiger partial charge in [-0.15, -0.1) is 0 Å². The van der Waals surface area contributed by atoms with Crippen molar-refractivity contribution in [1.82, 2.24) is 0 Å². The second kappa shape index (κ2) is 16.6. The molecule has 0 bridgehead atoms. The van der Waals surface area contributed by atoms with Crippen LogP contribution in [0.1, 0.15) is 18.1 Å². The van der Waals surface area contributed by atoms with Crippen molar-refractivity contribution in [3.8, 4) is 22.3 Å². The third-order valence-corrected chi connectivity index (χ3v) is 6.99. The van der Waals surface area contributed by atoms with Crippen LogP contribution >= 0.6 is 0 Å². The van der Waals surface area contributed by atoms with Gasteiger partial charge in [-0.1, -0.05) is 36.4 Å². The minimum absolute atomic E-state index is 0.0355. The van der Waals surface area contributed by atoms with Gasteiger partial charge in [0.1, 0.15) is 0 Å². The number of benzene rings is 4. The third-order valence-electron chi connectivity index (χ3n) is 5.98. The predicted molar refractivity (Wildman–Crippen MR) is 183 cm³/mol. The van der Waals surface area contributed by atoms with Crippen LogP contribution in [0.5, 0.6) is 0 Å². The fraction of sp³-hybridized carbons (Fsp3) is 0.107. The van der Waals surface area contributed by atoms with E-state index >= 15 is 0 Å². The molecule has 284 valence electrons. The molecular formula is C28H30F6N8O7S3. The fourth-order valence-electron chi connectivity index (χ4n) is 3.95. The van der Waals surface area contributed by atoms with E-state index in [0.29, 0.717) is 22.3 Å². The molecule has 0 saturated carbocycles. The number of halogens is 6. The Morgan fingerprint density at radius 1 is 0.538 bits per heavy atom. The number of rotatable bonds is 7. The Balaban J connectivity index is 0.000000321. The Morgan fingerprint density at radius 3 is 1.19 bits per heavy atom. The first-order valence-corrected chi connectivity index (χ1v) is 18.3. The highest BCUT2D eigenvalue weighted by Gasteiger charge is 2.30. The molecule has 24 heteroatoms. The summed E-state index contributed by atoms with van der Waals surface area (Å²) in [5.41, 5.74) is 6.53. The summed E-state index contributed by atoms with van der Waals surface area (Å²) >= 11 is 0. The number of carbonyl (C=O) groups excluding carboxylic acids is 1. The van der Waals surface area contributed by atoms with E-state index < -0.39 is 60.0 Å². The zero-order valence-electron chi connectivity index (χ0n) is 26.3. The molecule has 0 aromatic heterocycles. The lowest BCUT2D eigenvalue weighted by Crippen LogP contribution is -2.22. The van der Waals surface area contributed by atoms with Gasteiger partial charge < -0.3 is 11.1 Å². The van der Waals surface area contributed by atoms with Crippen molar-refractivity contribution in [2.24, 2.45) is 20.6 Å². The van der Waals surface area contributed by atoms with Crippen LogP contribution in [0.4, 0.5) is 49.1 Å². The summed E-state index contributed by atoms with van der Waals surface area (Å²) in [5.74, 6) is -0.456. The first kappa shape index (κ1) is 43.2. The second-order valence-corrected chi connectivity index (χ2v) is 14.0. The molecule has 0 saturated heterocycles. The predicted octanol–water partition coefficient (Wildman–Crippen LogP) is 3.66. The number of nitrogens with one attached hydrogen (secondary N) is 3. The number of hydrogen-bond donors (Lipinski definition) is 8. The Bertz CT molecular complexity index is 2210. The zero-order valence-corrected chi connectivity index (χ0v) is 28.8. The molecule has 0 aliphatic rings. The molecule has 0 aliphatic heterocycles. The van der Waals surface area contributed by atoms with Crippen LogP contribution in [0.2, 0.25) is 0 Å². The van der Waals surface area contributed by atoms with E-state index in [1.165, 1.54) is 67.6 Å². The van der Waals surface area contributed by atoms with E-state index in [4.69, 9.17) is 16.0 Å². The van der Waals surface area contributed by atoms with E-state index in [2.05, 4.69) is 15.6 Å². The Labute approximate surface area is 293 Å². The lowest BCUT2D eigenvalue weighted by atomic mass is 10.0. The topological polar surface area (TPSA) is 286 Å². The molecule has 0 atom stereocenters. The van der Waals surface area contributed by atoms with Gasteiger partial charge in [-0.3, -0.25) is 14.2 Å². The molecule has 13 N–H and O–H groups in total. The first-order valence-electron chi connectivity index (χ1n) is 13.6. The van der Waals surface area contributed by atoms with Crippen molar-refractivity contribution in [1.29, 1.82) is 0 Å². The highest BCUT2D eigenvalue weighted by Crippen LogP contribution is 2.34. The highest BCUT2D eigenvalue weighted by molar-refractivity contribution is 7.90. The lowest BCUT2D eigenvalue weighted by molar-refractivity contribution is -0.138. The van der Waals surface area contributed by atoms with Gasteiger partial charge >= 0.3 is 12.4 Å². The zero-order chi connectivity index (χ0) is 39.9. The van der Waals surface area contributed by atoms with Gasteiger partial charge in [0.05, 0.1) is 33.9 Å². The van der Waals surface area contributed by atoms with Gasteiger partial charge in [-0.05, 0) is 70.8 Å². The number of alkyl halides is 6. The van der Waals surface area contributed by atoms with Crippen molar-refractivity contribution >= 4 is 59.3 Å². The van der Waals surface area contributed by atoms with Crippen molar-refractivity contribution in [3.63, 3.8) is 0 Å². The van der Waals surface area contributed by atoms with Gasteiger partial charge in [-0.25, -0.2) is 20.6 Å². The van der Waals surface area contributed by atoms with Gasteiger partial charge in [0.25, 0.3) is 30.6 Å². The molecule has 0 radical (unpaired) electrons. The van der Waals surface area contributed by atoms with Crippen LogP contribution in [0, 0.1) is 0 Å². The summed E-state index contributed by atoms with van der Waals surface area (Å²) in [7, 11) is -11.7. The number of anilines is 4. The largest absolute Gasteiger partial charge is 0.416 e. The molecule has 4 rings (SSSR count). The SMILES string of the molecule is CC(=O)Nc1cc(-c2ccc(C(F)(F)F)cc2)ccc1NS(N)(=O)=O.NS(N)(=O)=O.Nc1cc(-c2ccc(C(F)(F)F)cc2)ccc1NS(N)(=O)=O. The molecular weight excluding hydrogens is 771 g/mol. The number of amides is 1. The Kier molecular flexibility index (Phi) is 13.8. The van der Waals surface area contributed by atoms with E-state index in [-0.39, 0.29) is 22.7 Å². The molecule has 52 heavy (non-hydrogen) atoms. The van der Waals surface area contributed by atoms with Crippen LogP contribution in [-0.2, 0) is 47.8 Å². The Hall–Kier alpha value is -4.98. The molecule has 15 nitrogen and oxygen atoms in total. The summed E-state index contributed by atoms with van der Waals surface area (Å²) in [4.78, 5) is 11.3. The minimum atomic E-state index is -4.44. The third kappa shape index (κ3) is 15.5. The van der Waals surface area contributed by atoms with E-state index in [0.717, 1.165) is 24.3 Å². The molecule has 4 aromatic carbocycles. The maximum Gasteiger partial charge on any atom is 0.416 e. The molecule has 0 spiro atoms. The maximum atomic E-state index is 12.6. The van der Waals surface area contributed by atoms with Gasteiger partial charge in [-0.2, -0.15) is 51.6 Å². The highest BCUT2D eigenvalue weighted by atomic mass is 32.2. The van der Waals surface area contributed by atoms with Crippen LogP contribution in [0.15, 0.2) is 84.9 Å². The maximum absolute atomic E-state index is 12.6. The summed E-state index contributed by atoms with van der Waals surface area (Å²) in [6.45, 7) is 1.23. The lowest BCUT2D eigenvalue weighted by Gasteiger charge is -2.13. The average Bonchev–Trinajstić information content (AvgIpc) is 2.96. The fourth-order valence-corrected chi connectivity index (χ4v) is 4.93.